The van der Waals surface area contributed by atoms with Gasteiger partial charge in [0.05, 0.1) is 6.54 Å². The zero-order valence-corrected chi connectivity index (χ0v) is 23.1. The number of aldehydes is 1. The number of nitrogens with two attached hydrogens (primary N) is 1. The van der Waals surface area contributed by atoms with E-state index in [-0.39, 0.29) is 44.4 Å². The van der Waals surface area contributed by atoms with Crippen LogP contribution in [0.5, 0.6) is 0 Å². The topological polar surface area (TPSA) is 206 Å². The molecule has 0 bridgehead atoms. The van der Waals surface area contributed by atoms with Crippen molar-refractivity contribution < 1.29 is 38.3 Å². The minimum absolute atomic E-state index is 0.0918. The fourth-order valence-corrected chi connectivity index (χ4v) is 3.51. The molecule has 0 fully saturated rings. The number of likely N-dealkylation sites (N-methyl/N-ethyl adjacent to an activating group) is 1. The number of nitrogens with zero attached hydrogens (tertiary/aromatic N) is 1. The second-order valence-electron chi connectivity index (χ2n) is 8.99. The number of rotatable bonds is 20. The number of ether oxygens (including phenoxy) is 1. The standard InChI is InChI=1S/C27H38N6O8/c1-33(25(38)9-6-16-34)15-4-2-3-8-23(36)30-17-24(37)32-22(7-5-14-29-27(28)40)26(39)31-21-12-10-20(11-13-21)18-41-19-35/h6,9-13,16,19,22H,2-5,7-8,14-15,17-18H2,1H3,(H,30,36)(H,31,39)(H,32,37)(H3,28,29,40)/b9-6-. The molecule has 14 nitrogen and oxygen atoms in total. The highest BCUT2D eigenvalue weighted by molar-refractivity contribution is 5.97. The zero-order chi connectivity index (χ0) is 30.5. The molecular formula is C27H38N6O8. The first-order valence-corrected chi connectivity index (χ1v) is 13.1. The van der Waals surface area contributed by atoms with Gasteiger partial charge in [0.15, 0.2) is 0 Å². The number of benzene rings is 1. The van der Waals surface area contributed by atoms with Crippen molar-refractivity contribution in [2.45, 2.75) is 51.2 Å². The summed E-state index contributed by atoms with van der Waals surface area (Å²) in [5.41, 5.74) is 6.24. The molecule has 224 valence electrons. The van der Waals surface area contributed by atoms with Gasteiger partial charge in [0.1, 0.15) is 18.9 Å². The molecule has 1 aromatic carbocycles. The van der Waals surface area contributed by atoms with Crippen LogP contribution in [-0.2, 0) is 40.1 Å². The van der Waals surface area contributed by atoms with Crippen molar-refractivity contribution in [1.82, 2.24) is 20.9 Å². The predicted molar refractivity (Wildman–Crippen MR) is 149 cm³/mol. The highest BCUT2D eigenvalue weighted by atomic mass is 16.5. The quantitative estimate of drug-likeness (QED) is 0.0819. The maximum absolute atomic E-state index is 12.9. The van der Waals surface area contributed by atoms with Gasteiger partial charge < -0.3 is 36.6 Å². The largest absolute Gasteiger partial charge is 0.463 e. The highest BCUT2D eigenvalue weighted by Gasteiger charge is 2.21. The van der Waals surface area contributed by atoms with Crippen LogP contribution in [0, 0.1) is 0 Å². The number of anilines is 1. The van der Waals surface area contributed by atoms with E-state index in [2.05, 4.69) is 26.0 Å². The van der Waals surface area contributed by atoms with Crippen LogP contribution in [0.15, 0.2) is 36.4 Å². The van der Waals surface area contributed by atoms with E-state index in [1.807, 2.05) is 0 Å². The normalized spacial score (nSPS) is 11.1. The molecule has 0 saturated heterocycles. The molecule has 14 heteroatoms. The summed E-state index contributed by atoms with van der Waals surface area (Å²) in [6.45, 7) is 0.783. The van der Waals surface area contributed by atoms with E-state index in [1.54, 1.807) is 31.3 Å². The molecule has 0 radical (unpaired) electrons. The third kappa shape index (κ3) is 16.1. The molecule has 0 aliphatic rings. The summed E-state index contributed by atoms with van der Waals surface area (Å²) in [5, 5.41) is 10.2. The Bertz CT molecular complexity index is 1060. The Hall–Kier alpha value is -4.75. The summed E-state index contributed by atoms with van der Waals surface area (Å²) in [6, 6.07) is 4.93. The maximum Gasteiger partial charge on any atom is 0.312 e. The Morgan fingerprint density at radius 3 is 2.37 bits per heavy atom. The van der Waals surface area contributed by atoms with E-state index in [1.165, 1.54) is 11.0 Å². The fourth-order valence-electron chi connectivity index (χ4n) is 3.51. The van der Waals surface area contributed by atoms with Crippen molar-refractivity contribution in [3.05, 3.63) is 42.0 Å². The van der Waals surface area contributed by atoms with E-state index in [4.69, 9.17) is 5.73 Å². The Morgan fingerprint density at radius 2 is 1.71 bits per heavy atom. The number of unbranched alkanes of at least 4 members (excludes halogenated alkanes) is 2. The van der Waals surface area contributed by atoms with Crippen LogP contribution in [0.2, 0.25) is 0 Å². The predicted octanol–water partition coefficient (Wildman–Crippen LogP) is 0.122. The van der Waals surface area contributed by atoms with Crippen molar-refractivity contribution in [3.63, 3.8) is 0 Å². The molecule has 6 amide bonds. The van der Waals surface area contributed by atoms with Crippen LogP contribution in [0.3, 0.4) is 0 Å². The van der Waals surface area contributed by atoms with Crippen molar-refractivity contribution in [1.29, 1.82) is 0 Å². The smallest absolute Gasteiger partial charge is 0.312 e. The molecule has 1 unspecified atom stereocenters. The van der Waals surface area contributed by atoms with E-state index in [0.29, 0.717) is 50.7 Å². The minimum atomic E-state index is -0.951. The number of carbonyl (C=O) groups is 7. The van der Waals surface area contributed by atoms with Gasteiger partial charge in [-0.15, -0.1) is 0 Å². The molecule has 0 heterocycles. The van der Waals surface area contributed by atoms with Crippen molar-refractivity contribution in [2.75, 3.05) is 32.0 Å². The Balaban J connectivity index is 2.51. The average molecular weight is 575 g/mol. The van der Waals surface area contributed by atoms with Crippen molar-refractivity contribution in [3.8, 4) is 0 Å². The molecule has 0 saturated carbocycles. The van der Waals surface area contributed by atoms with Gasteiger partial charge >= 0.3 is 6.03 Å². The first-order valence-electron chi connectivity index (χ1n) is 13.1. The number of primary amides is 1. The van der Waals surface area contributed by atoms with E-state index >= 15 is 0 Å². The SMILES string of the molecule is CN(CCCCCC(=O)NCC(=O)NC(CCCNC(N)=O)C(=O)Nc1ccc(COC=O)cc1)C(=O)/C=C\C=O. The number of hydrogen-bond donors (Lipinski definition) is 5. The van der Waals surface area contributed by atoms with Crippen LogP contribution in [0.1, 0.15) is 44.1 Å². The molecule has 1 rings (SSSR count). The number of amides is 6. The first-order chi connectivity index (χ1) is 19.7. The Kier molecular flexibility index (Phi) is 16.9. The lowest BCUT2D eigenvalue weighted by Gasteiger charge is -2.19. The number of nitrogens with one attached hydrogen (secondary N) is 4. The van der Waals surface area contributed by atoms with Gasteiger partial charge in [-0.05, 0) is 49.5 Å². The lowest BCUT2D eigenvalue weighted by Crippen LogP contribution is -2.47. The Labute approximate surface area is 238 Å². The third-order valence-corrected chi connectivity index (χ3v) is 5.70. The summed E-state index contributed by atoms with van der Waals surface area (Å²) in [6.07, 6.45) is 5.47. The molecule has 41 heavy (non-hydrogen) atoms. The summed E-state index contributed by atoms with van der Waals surface area (Å²) >= 11 is 0. The van der Waals surface area contributed by atoms with Crippen molar-refractivity contribution >= 4 is 48.1 Å². The van der Waals surface area contributed by atoms with Gasteiger partial charge in [-0.3, -0.25) is 28.8 Å². The molecule has 0 spiro atoms. The molecule has 1 atom stereocenters. The fraction of sp³-hybridized carbons (Fsp3) is 0.444. The molecule has 6 N–H and O–H groups in total. The van der Waals surface area contributed by atoms with Crippen molar-refractivity contribution in [2.24, 2.45) is 5.73 Å². The van der Waals surface area contributed by atoms with E-state index in [9.17, 15) is 33.6 Å². The van der Waals surface area contributed by atoms with Crippen LogP contribution in [-0.4, -0.2) is 80.0 Å². The lowest BCUT2D eigenvalue weighted by molar-refractivity contribution is -0.130. The summed E-state index contributed by atoms with van der Waals surface area (Å²) in [7, 11) is 1.62. The molecule has 0 aliphatic carbocycles. The molecule has 1 aromatic rings. The van der Waals surface area contributed by atoms with Gasteiger partial charge in [-0.2, -0.15) is 0 Å². The lowest BCUT2D eigenvalue weighted by atomic mass is 10.1. The number of urea groups is 1. The zero-order valence-electron chi connectivity index (χ0n) is 23.1. The Morgan fingerprint density at radius 1 is 0.976 bits per heavy atom. The number of carbonyl (C=O) groups excluding carboxylic acids is 7. The summed E-state index contributed by atoms with van der Waals surface area (Å²) in [4.78, 5) is 82.2. The average Bonchev–Trinajstić information content (AvgIpc) is 2.95. The molecule has 0 aliphatic heterocycles. The second kappa shape index (κ2) is 20.2. The van der Waals surface area contributed by atoms with E-state index < -0.39 is 23.9 Å². The molecular weight excluding hydrogens is 536 g/mol. The number of hydrogen-bond acceptors (Lipinski definition) is 8. The highest BCUT2D eigenvalue weighted by Crippen LogP contribution is 2.12. The van der Waals surface area contributed by atoms with Gasteiger partial charge in [0.2, 0.25) is 23.6 Å². The second-order valence-corrected chi connectivity index (χ2v) is 8.99. The van der Waals surface area contributed by atoms with Crippen LogP contribution in [0.4, 0.5) is 10.5 Å². The summed E-state index contributed by atoms with van der Waals surface area (Å²) < 4.78 is 4.69. The van der Waals surface area contributed by atoms with E-state index in [0.717, 1.165) is 11.6 Å². The van der Waals surface area contributed by atoms with Crippen LogP contribution < -0.4 is 27.0 Å². The van der Waals surface area contributed by atoms with Crippen LogP contribution >= 0.6 is 0 Å². The van der Waals surface area contributed by atoms with Gasteiger partial charge in [0, 0.05) is 38.3 Å². The molecule has 0 aromatic heterocycles. The first kappa shape index (κ1) is 34.3. The monoisotopic (exact) mass is 574 g/mol. The minimum Gasteiger partial charge on any atom is -0.463 e. The van der Waals surface area contributed by atoms with Gasteiger partial charge in [-0.1, -0.05) is 18.6 Å². The van der Waals surface area contributed by atoms with Crippen LogP contribution in [0.25, 0.3) is 0 Å². The van der Waals surface area contributed by atoms with Gasteiger partial charge in [-0.25, -0.2) is 4.79 Å². The number of allylic oxidation sites excluding steroid dienone is 1. The third-order valence-electron chi connectivity index (χ3n) is 5.70. The maximum atomic E-state index is 12.9. The van der Waals surface area contributed by atoms with Gasteiger partial charge in [0.25, 0.3) is 6.47 Å². The summed E-state index contributed by atoms with van der Waals surface area (Å²) in [5.74, 6) is -1.67.